The van der Waals surface area contributed by atoms with Crippen LogP contribution in [0.25, 0.3) is 0 Å². The van der Waals surface area contributed by atoms with Gasteiger partial charge in [0.05, 0.1) is 19.3 Å². The first-order valence-electron chi connectivity index (χ1n) is 10.7. The first-order valence-corrected chi connectivity index (χ1v) is 10.7. The Morgan fingerprint density at radius 3 is 2.50 bits per heavy atom. The molecule has 3 rings (SSSR count). The Hall–Kier alpha value is -2.16. The topological polar surface area (TPSA) is 91.3 Å². The lowest BCUT2D eigenvalue weighted by molar-refractivity contribution is -0.158. The highest BCUT2D eigenvalue weighted by Gasteiger charge is 2.35. The molecule has 2 amide bonds. The van der Waals surface area contributed by atoms with Crippen molar-refractivity contribution >= 4 is 11.8 Å². The summed E-state index contributed by atoms with van der Waals surface area (Å²) in [6.07, 6.45) is 0.457. The van der Waals surface area contributed by atoms with Crippen molar-refractivity contribution in [2.24, 2.45) is 0 Å². The standard InChI is InChI=1S/C22H33N3O5/c1-16(26)25-13-11-24(12-14-25)10-9-19-7-8-20(27)21(30-19)22(28)23-15-17-3-5-18(29-2)6-4-17/h3-6,19-21,27H,7-15H2,1-2H3,(H,23,28)/t19-,20-,21-/m0/s1. The Kier molecular flexibility index (Phi) is 8.07. The molecular formula is C22H33N3O5. The summed E-state index contributed by atoms with van der Waals surface area (Å²) in [6.45, 7) is 6.09. The van der Waals surface area contributed by atoms with Crippen molar-refractivity contribution in [1.29, 1.82) is 0 Å². The molecule has 8 heteroatoms. The zero-order chi connectivity index (χ0) is 21.5. The Balaban J connectivity index is 1.42. The maximum Gasteiger partial charge on any atom is 0.252 e. The number of benzene rings is 1. The van der Waals surface area contributed by atoms with E-state index in [0.29, 0.717) is 13.0 Å². The van der Waals surface area contributed by atoms with E-state index in [0.717, 1.165) is 56.9 Å². The second kappa shape index (κ2) is 10.7. The highest BCUT2D eigenvalue weighted by molar-refractivity contribution is 5.81. The van der Waals surface area contributed by atoms with E-state index in [4.69, 9.17) is 9.47 Å². The van der Waals surface area contributed by atoms with Crippen LogP contribution in [0.5, 0.6) is 5.75 Å². The molecular weight excluding hydrogens is 386 g/mol. The zero-order valence-electron chi connectivity index (χ0n) is 17.9. The Labute approximate surface area is 178 Å². The van der Waals surface area contributed by atoms with Crippen molar-refractivity contribution in [1.82, 2.24) is 15.1 Å². The molecule has 2 fully saturated rings. The third kappa shape index (κ3) is 6.17. The van der Waals surface area contributed by atoms with Gasteiger partial charge in [0, 0.05) is 46.2 Å². The quantitative estimate of drug-likeness (QED) is 0.679. The van der Waals surface area contributed by atoms with E-state index in [1.165, 1.54) is 0 Å². The minimum absolute atomic E-state index is 0.0454. The van der Waals surface area contributed by atoms with Gasteiger partial charge in [0.25, 0.3) is 5.91 Å². The monoisotopic (exact) mass is 419 g/mol. The van der Waals surface area contributed by atoms with Gasteiger partial charge in [0.1, 0.15) is 5.75 Å². The van der Waals surface area contributed by atoms with Crippen molar-refractivity contribution in [2.75, 3.05) is 39.8 Å². The maximum absolute atomic E-state index is 12.6. The van der Waals surface area contributed by atoms with Crippen LogP contribution in [-0.2, 0) is 20.9 Å². The maximum atomic E-state index is 12.6. The van der Waals surface area contributed by atoms with E-state index in [-0.39, 0.29) is 17.9 Å². The van der Waals surface area contributed by atoms with Crippen LogP contribution in [0.15, 0.2) is 24.3 Å². The smallest absolute Gasteiger partial charge is 0.252 e. The number of methoxy groups -OCH3 is 1. The van der Waals surface area contributed by atoms with Crippen LogP contribution in [0.1, 0.15) is 31.7 Å². The molecule has 8 nitrogen and oxygen atoms in total. The number of amides is 2. The summed E-state index contributed by atoms with van der Waals surface area (Å²) < 4.78 is 11.1. The Morgan fingerprint density at radius 1 is 1.17 bits per heavy atom. The lowest BCUT2D eigenvalue weighted by atomic mass is 9.98. The Morgan fingerprint density at radius 2 is 1.87 bits per heavy atom. The highest BCUT2D eigenvalue weighted by atomic mass is 16.5. The van der Waals surface area contributed by atoms with E-state index >= 15 is 0 Å². The molecule has 2 N–H and O–H groups in total. The van der Waals surface area contributed by atoms with Gasteiger partial charge in [-0.15, -0.1) is 0 Å². The molecule has 30 heavy (non-hydrogen) atoms. The van der Waals surface area contributed by atoms with Gasteiger partial charge in [-0.2, -0.15) is 0 Å². The minimum atomic E-state index is -0.837. The summed E-state index contributed by atoms with van der Waals surface area (Å²) in [5, 5.41) is 13.1. The minimum Gasteiger partial charge on any atom is -0.497 e. The molecule has 1 aromatic rings. The third-order valence-electron chi connectivity index (χ3n) is 5.94. The lowest BCUT2D eigenvalue weighted by Crippen LogP contribution is -2.50. The predicted octanol–water partition coefficient (Wildman–Crippen LogP) is 0.774. The number of aliphatic hydroxyl groups excluding tert-OH is 1. The molecule has 2 saturated heterocycles. The van der Waals surface area contributed by atoms with Crippen molar-refractivity contribution in [3.63, 3.8) is 0 Å². The summed E-state index contributed by atoms with van der Waals surface area (Å²) in [7, 11) is 1.61. The number of piperazine rings is 1. The fourth-order valence-corrected chi connectivity index (χ4v) is 3.97. The number of rotatable bonds is 7. The molecule has 3 atom stereocenters. The van der Waals surface area contributed by atoms with Gasteiger partial charge < -0.3 is 24.8 Å². The first kappa shape index (κ1) is 22.5. The van der Waals surface area contributed by atoms with Gasteiger partial charge >= 0.3 is 0 Å². The van der Waals surface area contributed by atoms with E-state index in [2.05, 4.69) is 10.2 Å². The summed E-state index contributed by atoms with van der Waals surface area (Å²) in [6, 6.07) is 7.48. The fraction of sp³-hybridized carbons (Fsp3) is 0.636. The SMILES string of the molecule is COc1ccc(CNC(=O)[C@H]2O[C@H](CCN3CCN(C(C)=O)CC3)CC[C@@H]2O)cc1. The molecule has 0 radical (unpaired) electrons. The summed E-state index contributed by atoms with van der Waals surface area (Å²) in [4.78, 5) is 28.2. The molecule has 0 aliphatic carbocycles. The second-order valence-electron chi connectivity index (χ2n) is 8.03. The molecule has 2 aliphatic heterocycles. The van der Waals surface area contributed by atoms with Crippen LogP contribution in [0, 0.1) is 0 Å². The van der Waals surface area contributed by atoms with Crippen molar-refractivity contribution in [3.05, 3.63) is 29.8 Å². The van der Waals surface area contributed by atoms with Crippen LogP contribution in [0.4, 0.5) is 0 Å². The van der Waals surface area contributed by atoms with E-state index in [1.807, 2.05) is 29.2 Å². The molecule has 0 unspecified atom stereocenters. The molecule has 0 aromatic heterocycles. The molecule has 2 aliphatic rings. The van der Waals surface area contributed by atoms with Crippen molar-refractivity contribution in [3.8, 4) is 5.75 Å². The van der Waals surface area contributed by atoms with Crippen LogP contribution in [0.2, 0.25) is 0 Å². The van der Waals surface area contributed by atoms with Crippen LogP contribution < -0.4 is 10.1 Å². The number of ether oxygens (including phenoxy) is 2. The third-order valence-corrected chi connectivity index (χ3v) is 5.94. The van der Waals surface area contributed by atoms with E-state index < -0.39 is 12.2 Å². The number of hydrogen-bond donors (Lipinski definition) is 2. The molecule has 0 saturated carbocycles. The molecule has 0 spiro atoms. The Bertz CT molecular complexity index is 703. The van der Waals surface area contributed by atoms with E-state index in [1.54, 1.807) is 14.0 Å². The van der Waals surface area contributed by atoms with Gasteiger partial charge in [-0.3, -0.25) is 14.5 Å². The predicted molar refractivity (Wildman–Crippen MR) is 112 cm³/mol. The summed E-state index contributed by atoms with van der Waals surface area (Å²) in [5.41, 5.74) is 0.954. The number of hydrogen-bond acceptors (Lipinski definition) is 6. The number of carbonyl (C=O) groups excluding carboxylic acids is 2. The second-order valence-corrected chi connectivity index (χ2v) is 8.03. The van der Waals surface area contributed by atoms with Crippen LogP contribution in [0.3, 0.4) is 0 Å². The van der Waals surface area contributed by atoms with Gasteiger partial charge in [0.15, 0.2) is 6.10 Å². The number of nitrogens with zero attached hydrogens (tertiary/aromatic N) is 2. The summed E-state index contributed by atoms with van der Waals surface area (Å²) >= 11 is 0. The zero-order valence-corrected chi connectivity index (χ0v) is 17.9. The average Bonchev–Trinajstić information content (AvgIpc) is 2.77. The number of nitrogens with one attached hydrogen (secondary N) is 1. The number of carbonyl (C=O) groups is 2. The van der Waals surface area contributed by atoms with Gasteiger partial charge in [-0.1, -0.05) is 12.1 Å². The molecule has 0 bridgehead atoms. The van der Waals surface area contributed by atoms with Crippen LogP contribution in [-0.4, -0.2) is 84.9 Å². The van der Waals surface area contributed by atoms with Crippen molar-refractivity contribution in [2.45, 2.75) is 51.0 Å². The van der Waals surface area contributed by atoms with Gasteiger partial charge in [-0.25, -0.2) is 0 Å². The lowest BCUT2D eigenvalue weighted by Gasteiger charge is -2.37. The molecule has 1 aromatic carbocycles. The van der Waals surface area contributed by atoms with Gasteiger partial charge in [0.2, 0.25) is 5.91 Å². The first-order chi connectivity index (χ1) is 14.5. The normalized spacial score (nSPS) is 25.0. The fourth-order valence-electron chi connectivity index (χ4n) is 3.97. The molecule has 2 heterocycles. The van der Waals surface area contributed by atoms with E-state index in [9.17, 15) is 14.7 Å². The van der Waals surface area contributed by atoms with Crippen LogP contribution >= 0.6 is 0 Å². The molecule has 166 valence electrons. The van der Waals surface area contributed by atoms with Crippen molar-refractivity contribution < 1.29 is 24.2 Å². The van der Waals surface area contributed by atoms with Gasteiger partial charge in [-0.05, 0) is 37.0 Å². The average molecular weight is 420 g/mol. The number of aliphatic hydroxyl groups is 1. The largest absolute Gasteiger partial charge is 0.497 e. The summed E-state index contributed by atoms with van der Waals surface area (Å²) in [5.74, 6) is 0.613. The highest BCUT2D eigenvalue weighted by Crippen LogP contribution is 2.23.